The standard InChI is InChI=1S/C17H22ClN5O2S/c1-11-6-7-13(15(8-11)23(4)26(5)25)19-14-9-16(18)20-17(12(14)10-24)21-22(2)3/h6-10H,1-5H3,(H2,19,20,21). The van der Waals surface area contributed by atoms with Crippen LogP contribution in [0, 0.1) is 6.92 Å². The minimum absolute atomic E-state index is 0.239. The molecule has 9 heteroatoms. The number of benzene rings is 1. The molecule has 0 radical (unpaired) electrons. The van der Waals surface area contributed by atoms with E-state index in [1.54, 1.807) is 42.8 Å². The van der Waals surface area contributed by atoms with Crippen LogP contribution in [0.3, 0.4) is 0 Å². The molecular weight excluding hydrogens is 374 g/mol. The number of hydrazine groups is 1. The number of hydrogen-bond acceptors (Lipinski definition) is 6. The Bertz CT molecular complexity index is 844. The molecule has 0 saturated heterocycles. The summed E-state index contributed by atoms with van der Waals surface area (Å²) in [6, 6.07) is 7.31. The number of carbonyl (C=O) groups is 1. The van der Waals surface area contributed by atoms with E-state index in [1.165, 1.54) is 0 Å². The summed E-state index contributed by atoms with van der Waals surface area (Å²) in [4.78, 5) is 15.8. The Balaban J connectivity index is 2.53. The second-order valence-corrected chi connectivity index (χ2v) is 7.73. The van der Waals surface area contributed by atoms with E-state index in [-0.39, 0.29) is 5.15 Å². The second kappa shape index (κ2) is 8.48. The number of rotatable bonds is 7. The van der Waals surface area contributed by atoms with Crippen molar-refractivity contribution in [3.8, 4) is 0 Å². The van der Waals surface area contributed by atoms with Crippen LogP contribution < -0.4 is 15.0 Å². The highest BCUT2D eigenvalue weighted by atomic mass is 35.5. The number of nitrogens with zero attached hydrogens (tertiary/aromatic N) is 3. The minimum atomic E-state index is -1.20. The third-order valence-electron chi connectivity index (χ3n) is 3.62. The van der Waals surface area contributed by atoms with Gasteiger partial charge in [0.1, 0.15) is 16.1 Å². The quantitative estimate of drug-likeness (QED) is 0.426. The first kappa shape index (κ1) is 20.2. The van der Waals surface area contributed by atoms with Crippen LogP contribution in [0.2, 0.25) is 5.15 Å². The molecule has 0 aliphatic heterocycles. The van der Waals surface area contributed by atoms with Gasteiger partial charge in [-0.3, -0.25) is 9.10 Å². The van der Waals surface area contributed by atoms with Crippen molar-refractivity contribution >= 4 is 51.8 Å². The first-order valence-corrected chi connectivity index (χ1v) is 9.67. The van der Waals surface area contributed by atoms with Crippen LogP contribution in [0.5, 0.6) is 0 Å². The van der Waals surface area contributed by atoms with Crippen LogP contribution in [0.15, 0.2) is 24.3 Å². The Morgan fingerprint density at radius 1 is 1.19 bits per heavy atom. The molecule has 1 atom stereocenters. The zero-order chi connectivity index (χ0) is 19.4. The van der Waals surface area contributed by atoms with E-state index in [2.05, 4.69) is 15.7 Å². The van der Waals surface area contributed by atoms with Crippen molar-refractivity contribution in [1.29, 1.82) is 0 Å². The monoisotopic (exact) mass is 395 g/mol. The van der Waals surface area contributed by atoms with Gasteiger partial charge in [0.15, 0.2) is 12.1 Å². The predicted octanol–water partition coefficient (Wildman–Crippen LogP) is 3.22. The molecule has 0 spiro atoms. The highest BCUT2D eigenvalue weighted by Crippen LogP contribution is 2.33. The van der Waals surface area contributed by atoms with Crippen LogP contribution in [0.25, 0.3) is 0 Å². The largest absolute Gasteiger partial charge is 0.353 e. The predicted molar refractivity (Wildman–Crippen MR) is 109 cm³/mol. The number of aryl methyl sites for hydroxylation is 1. The number of aromatic nitrogens is 1. The second-order valence-electron chi connectivity index (χ2n) is 5.95. The maximum Gasteiger partial charge on any atom is 0.155 e. The van der Waals surface area contributed by atoms with Crippen molar-refractivity contribution < 1.29 is 9.00 Å². The molecule has 1 heterocycles. The number of pyridine rings is 1. The molecule has 26 heavy (non-hydrogen) atoms. The van der Waals surface area contributed by atoms with Crippen molar-refractivity contribution in [2.24, 2.45) is 0 Å². The van der Waals surface area contributed by atoms with Crippen molar-refractivity contribution in [3.05, 3.63) is 40.5 Å². The van der Waals surface area contributed by atoms with E-state index in [9.17, 15) is 9.00 Å². The lowest BCUT2D eigenvalue weighted by Crippen LogP contribution is -2.22. The third kappa shape index (κ3) is 4.72. The summed E-state index contributed by atoms with van der Waals surface area (Å²) in [6.45, 7) is 1.96. The van der Waals surface area contributed by atoms with Gasteiger partial charge in [-0.2, -0.15) is 0 Å². The fourth-order valence-corrected chi connectivity index (χ4v) is 2.96. The third-order valence-corrected chi connectivity index (χ3v) is 4.78. The zero-order valence-electron chi connectivity index (χ0n) is 15.3. The lowest BCUT2D eigenvalue weighted by molar-refractivity contribution is 0.112. The highest BCUT2D eigenvalue weighted by molar-refractivity contribution is 7.85. The zero-order valence-corrected chi connectivity index (χ0v) is 16.9. The molecule has 1 aromatic heterocycles. The number of aldehydes is 1. The van der Waals surface area contributed by atoms with Crippen molar-refractivity contribution in [1.82, 2.24) is 9.99 Å². The Morgan fingerprint density at radius 2 is 1.88 bits per heavy atom. The van der Waals surface area contributed by atoms with Crippen LogP contribution in [0.4, 0.5) is 22.9 Å². The average Bonchev–Trinajstić information content (AvgIpc) is 2.55. The van der Waals surface area contributed by atoms with Gasteiger partial charge < -0.3 is 10.7 Å². The number of nitrogens with one attached hydrogen (secondary N) is 2. The Kier molecular flexibility index (Phi) is 6.57. The van der Waals surface area contributed by atoms with Gasteiger partial charge in [-0.1, -0.05) is 17.7 Å². The number of carbonyl (C=O) groups excluding carboxylic acids is 1. The molecular formula is C17H22ClN5O2S. The minimum Gasteiger partial charge on any atom is -0.353 e. The fourth-order valence-electron chi connectivity index (χ4n) is 2.33. The number of halogens is 1. The van der Waals surface area contributed by atoms with E-state index in [0.717, 1.165) is 11.3 Å². The molecule has 2 N–H and O–H groups in total. The number of hydrogen-bond donors (Lipinski definition) is 2. The van der Waals surface area contributed by atoms with Crippen LogP contribution in [-0.4, -0.2) is 47.9 Å². The Hall–Kier alpha value is -2.16. The molecule has 0 saturated carbocycles. The number of anilines is 4. The molecule has 2 aromatic rings. The van der Waals surface area contributed by atoms with E-state index in [1.807, 2.05) is 25.1 Å². The first-order valence-electron chi connectivity index (χ1n) is 7.77. The molecule has 7 nitrogen and oxygen atoms in total. The van der Waals surface area contributed by atoms with Gasteiger partial charge in [-0.05, 0) is 30.7 Å². The summed E-state index contributed by atoms with van der Waals surface area (Å²) >= 11 is 6.12. The van der Waals surface area contributed by atoms with Gasteiger partial charge >= 0.3 is 0 Å². The summed E-state index contributed by atoms with van der Waals surface area (Å²) < 4.78 is 13.6. The van der Waals surface area contributed by atoms with Gasteiger partial charge in [0.2, 0.25) is 0 Å². The summed E-state index contributed by atoms with van der Waals surface area (Å²) in [5.41, 5.74) is 6.29. The topological polar surface area (TPSA) is 77.6 Å². The molecule has 140 valence electrons. The SMILES string of the molecule is Cc1ccc(Nc2cc(Cl)nc(NN(C)C)c2C=O)c(N(C)S(C)=O)c1. The summed E-state index contributed by atoms with van der Waals surface area (Å²) in [5, 5.41) is 5.13. The first-order chi connectivity index (χ1) is 12.2. The normalized spacial score (nSPS) is 12.0. The van der Waals surface area contributed by atoms with E-state index in [4.69, 9.17) is 11.6 Å². The molecule has 0 bridgehead atoms. The van der Waals surface area contributed by atoms with E-state index >= 15 is 0 Å². The van der Waals surface area contributed by atoms with Crippen molar-refractivity contribution in [2.75, 3.05) is 42.4 Å². The summed E-state index contributed by atoms with van der Waals surface area (Å²) in [6.07, 6.45) is 2.32. The average molecular weight is 396 g/mol. The molecule has 2 rings (SSSR count). The molecule has 0 aliphatic rings. The molecule has 0 amide bonds. The van der Waals surface area contributed by atoms with Gasteiger partial charge in [0.25, 0.3) is 0 Å². The maximum absolute atomic E-state index is 11.9. The smallest absolute Gasteiger partial charge is 0.155 e. The molecule has 1 unspecified atom stereocenters. The molecule has 0 fully saturated rings. The van der Waals surface area contributed by atoms with Crippen molar-refractivity contribution in [2.45, 2.75) is 6.92 Å². The van der Waals surface area contributed by atoms with Gasteiger partial charge in [0, 0.05) is 27.4 Å². The fraction of sp³-hybridized carbons (Fsp3) is 0.294. The van der Waals surface area contributed by atoms with Gasteiger partial charge in [-0.25, -0.2) is 14.2 Å². The maximum atomic E-state index is 11.9. The highest BCUT2D eigenvalue weighted by Gasteiger charge is 2.16. The lowest BCUT2D eigenvalue weighted by atomic mass is 10.1. The molecule has 0 aliphatic carbocycles. The van der Waals surface area contributed by atoms with Crippen LogP contribution in [-0.2, 0) is 11.0 Å². The summed E-state index contributed by atoms with van der Waals surface area (Å²) in [7, 11) is 4.12. The van der Waals surface area contributed by atoms with Crippen LogP contribution >= 0.6 is 11.6 Å². The molecule has 1 aromatic carbocycles. The van der Waals surface area contributed by atoms with E-state index in [0.29, 0.717) is 29.0 Å². The van der Waals surface area contributed by atoms with Crippen molar-refractivity contribution in [3.63, 3.8) is 0 Å². The van der Waals surface area contributed by atoms with Gasteiger partial charge in [-0.15, -0.1) is 0 Å². The Labute approximate surface area is 160 Å². The Morgan fingerprint density at radius 3 is 2.46 bits per heavy atom. The lowest BCUT2D eigenvalue weighted by Gasteiger charge is -2.22. The van der Waals surface area contributed by atoms with Gasteiger partial charge in [0.05, 0.1) is 22.6 Å². The summed E-state index contributed by atoms with van der Waals surface area (Å²) in [5.74, 6) is 0.348. The van der Waals surface area contributed by atoms with E-state index < -0.39 is 11.0 Å². The van der Waals surface area contributed by atoms with Crippen LogP contribution in [0.1, 0.15) is 15.9 Å².